The molecule has 2 heteroatoms. The lowest BCUT2D eigenvalue weighted by molar-refractivity contribution is 0.349. The smallest absolute Gasteiger partial charge is 0.126 e. The van der Waals surface area contributed by atoms with Crippen LogP contribution in [-0.2, 0) is 6.42 Å². The third-order valence-electron chi connectivity index (χ3n) is 3.53. The van der Waals surface area contributed by atoms with Crippen LogP contribution in [0.1, 0.15) is 37.7 Å². The highest BCUT2D eigenvalue weighted by molar-refractivity contribution is 9.09. The molecule has 0 radical (unpaired) electrons. The molecule has 0 spiro atoms. The number of rotatable bonds is 3. The summed E-state index contributed by atoms with van der Waals surface area (Å²) >= 11 is 3.74. The van der Waals surface area contributed by atoms with Gasteiger partial charge in [0.25, 0.3) is 0 Å². The fraction of sp³-hybridized carbons (Fsp3) is 0.571. The molecule has 1 atom stereocenters. The van der Waals surface area contributed by atoms with Gasteiger partial charge in [-0.15, -0.1) is 0 Å². The van der Waals surface area contributed by atoms with Crippen molar-refractivity contribution >= 4 is 15.9 Å². The largest absolute Gasteiger partial charge is 0.207 e. The zero-order valence-corrected chi connectivity index (χ0v) is 11.0. The minimum absolute atomic E-state index is 0.0669. The van der Waals surface area contributed by atoms with Crippen LogP contribution >= 0.6 is 15.9 Å². The summed E-state index contributed by atoms with van der Waals surface area (Å²) in [4.78, 5) is 0.435. The highest BCUT2D eigenvalue weighted by Crippen LogP contribution is 2.32. The maximum atomic E-state index is 13.5. The average molecular weight is 285 g/mol. The van der Waals surface area contributed by atoms with Crippen molar-refractivity contribution in [2.24, 2.45) is 5.92 Å². The van der Waals surface area contributed by atoms with Gasteiger partial charge in [-0.1, -0.05) is 53.4 Å². The van der Waals surface area contributed by atoms with E-state index in [2.05, 4.69) is 15.9 Å². The van der Waals surface area contributed by atoms with Gasteiger partial charge in [-0.2, -0.15) is 0 Å². The van der Waals surface area contributed by atoms with E-state index < -0.39 is 0 Å². The molecule has 1 saturated carbocycles. The Balaban J connectivity index is 1.96. The molecule has 1 aliphatic rings. The molecular weight excluding hydrogens is 267 g/mol. The summed E-state index contributed by atoms with van der Waals surface area (Å²) in [6, 6.07) is 7.12. The highest BCUT2D eigenvalue weighted by Gasteiger charge is 2.22. The number of benzene rings is 1. The monoisotopic (exact) mass is 284 g/mol. The van der Waals surface area contributed by atoms with Gasteiger partial charge in [-0.25, -0.2) is 4.39 Å². The predicted octanol–water partition coefficient (Wildman–Crippen LogP) is 4.71. The summed E-state index contributed by atoms with van der Waals surface area (Å²) in [5.41, 5.74) is 0.843. The summed E-state index contributed by atoms with van der Waals surface area (Å²) in [7, 11) is 0. The minimum atomic E-state index is -0.0669. The molecule has 0 heterocycles. The van der Waals surface area contributed by atoms with Gasteiger partial charge in [-0.05, 0) is 36.8 Å². The number of halogens is 2. The standard InChI is InChI=1S/C14H18BrF/c15-13(11-6-2-1-3-7-11)10-12-8-4-5-9-14(12)16/h4-5,8-9,11,13H,1-3,6-7,10H2. The zero-order chi connectivity index (χ0) is 11.4. The van der Waals surface area contributed by atoms with E-state index >= 15 is 0 Å². The summed E-state index contributed by atoms with van der Waals surface area (Å²) < 4.78 is 13.5. The number of alkyl halides is 1. The van der Waals surface area contributed by atoms with Crippen molar-refractivity contribution in [3.8, 4) is 0 Å². The molecule has 0 bridgehead atoms. The Hall–Kier alpha value is -0.370. The van der Waals surface area contributed by atoms with Crippen LogP contribution in [0.4, 0.5) is 4.39 Å². The Kier molecular flexibility index (Phi) is 4.39. The van der Waals surface area contributed by atoms with E-state index in [1.807, 2.05) is 12.1 Å². The molecule has 0 amide bonds. The van der Waals surface area contributed by atoms with E-state index in [0.29, 0.717) is 4.83 Å². The maximum Gasteiger partial charge on any atom is 0.126 e. The van der Waals surface area contributed by atoms with Gasteiger partial charge in [0.05, 0.1) is 0 Å². The second-order valence-corrected chi connectivity index (χ2v) is 5.89. The summed E-state index contributed by atoms with van der Waals surface area (Å²) in [5.74, 6) is 0.663. The summed E-state index contributed by atoms with van der Waals surface area (Å²) in [6.07, 6.45) is 7.45. The molecule has 0 nitrogen and oxygen atoms in total. The molecule has 1 aliphatic carbocycles. The van der Waals surface area contributed by atoms with E-state index in [0.717, 1.165) is 17.9 Å². The molecule has 88 valence electrons. The number of hydrogen-bond acceptors (Lipinski definition) is 0. The fourth-order valence-electron chi connectivity index (χ4n) is 2.54. The van der Waals surface area contributed by atoms with Crippen molar-refractivity contribution in [1.82, 2.24) is 0 Å². The SMILES string of the molecule is Fc1ccccc1CC(Br)C1CCCCC1. The third kappa shape index (κ3) is 3.07. The normalized spacial score (nSPS) is 19.6. The molecule has 16 heavy (non-hydrogen) atoms. The average Bonchev–Trinajstić information content (AvgIpc) is 2.33. The molecule has 1 aromatic carbocycles. The predicted molar refractivity (Wildman–Crippen MR) is 69.4 cm³/mol. The van der Waals surface area contributed by atoms with E-state index in [-0.39, 0.29) is 5.82 Å². The quantitative estimate of drug-likeness (QED) is 0.705. The van der Waals surface area contributed by atoms with Crippen LogP contribution in [0.5, 0.6) is 0 Å². The summed E-state index contributed by atoms with van der Waals surface area (Å²) in [6.45, 7) is 0. The van der Waals surface area contributed by atoms with Crippen LogP contribution in [0, 0.1) is 11.7 Å². The maximum absolute atomic E-state index is 13.5. The first-order chi connectivity index (χ1) is 7.77. The first-order valence-electron chi connectivity index (χ1n) is 6.15. The lowest BCUT2D eigenvalue weighted by Gasteiger charge is -2.26. The second-order valence-electron chi connectivity index (χ2n) is 4.71. The lowest BCUT2D eigenvalue weighted by atomic mass is 9.85. The molecule has 0 aromatic heterocycles. The van der Waals surface area contributed by atoms with E-state index in [1.165, 1.54) is 32.1 Å². The van der Waals surface area contributed by atoms with E-state index in [1.54, 1.807) is 12.1 Å². The van der Waals surface area contributed by atoms with Gasteiger partial charge in [0.2, 0.25) is 0 Å². The molecular formula is C14H18BrF. The van der Waals surface area contributed by atoms with Crippen molar-refractivity contribution in [3.05, 3.63) is 35.6 Å². The van der Waals surface area contributed by atoms with Crippen LogP contribution in [0.15, 0.2) is 24.3 Å². The van der Waals surface area contributed by atoms with E-state index in [9.17, 15) is 4.39 Å². The van der Waals surface area contributed by atoms with Crippen molar-refractivity contribution in [1.29, 1.82) is 0 Å². The van der Waals surface area contributed by atoms with Crippen LogP contribution in [0.2, 0.25) is 0 Å². The molecule has 0 aliphatic heterocycles. The Morgan fingerprint density at radius 3 is 2.56 bits per heavy atom. The lowest BCUT2D eigenvalue weighted by Crippen LogP contribution is -2.20. The third-order valence-corrected chi connectivity index (χ3v) is 4.61. The van der Waals surface area contributed by atoms with Crippen molar-refractivity contribution in [3.63, 3.8) is 0 Å². The molecule has 0 saturated heterocycles. The van der Waals surface area contributed by atoms with Crippen molar-refractivity contribution < 1.29 is 4.39 Å². The van der Waals surface area contributed by atoms with Crippen molar-refractivity contribution in [2.75, 3.05) is 0 Å². The molecule has 2 rings (SSSR count). The highest BCUT2D eigenvalue weighted by atomic mass is 79.9. The molecule has 0 N–H and O–H groups in total. The number of hydrogen-bond donors (Lipinski definition) is 0. The first kappa shape index (κ1) is 12.1. The molecule has 1 aromatic rings. The fourth-order valence-corrected chi connectivity index (χ4v) is 3.41. The zero-order valence-electron chi connectivity index (χ0n) is 9.46. The van der Waals surface area contributed by atoms with Gasteiger partial charge in [0.1, 0.15) is 5.82 Å². The Morgan fingerprint density at radius 2 is 1.88 bits per heavy atom. The molecule has 1 unspecified atom stereocenters. The second kappa shape index (κ2) is 5.81. The van der Waals surface area contributed by atoms with Gasteiger partial charge in [-0.3, -0.25) is 0 Å². The van der Waals surface area contributed by atoms with E-state index in [4.69, 9.17) is 0 Å². The van der Waals surface area contributed by atoms with Gasteiger partial charge in [0, 0.05) is 4.83 Å². The van der Waals surface area contributed by atoms with Crippen molar-refractivity contribution in [2.45, 2.75) is 43.4 Å². The van der Waals surface area contributed by atoms with Gasteiger partial charge < -0.3 is 0 Å². The van der Waals surface area contributed by atoms with Crippen LogP contribution in [-0.4, -0.2) is 4.83 Å². The van der Waals surface area contributed by atoms with Crippen LogP contribution in [0.3, 0.4) is 0 Å². The van der Waals surface area contributed by atoms with Crippen LogP contribution < -0.4 is 0 Å². The molecule has 1 fully saturated rings. The van der Waals surface area contributed by atoms with Crippen LogP contribution in [0.25, 0.3) is 0 Å². The minimum Gasteiger partial charge on any atom is -0.207 e. The topological polar surface area (TPSA) is 0 Å². The summed E-state index contributed by atoms with van der Waals surface area (Å²) in [5, 5.41) is 0. The Bertz CT molecular complexity index is 331. The van der Waals surface area contributed by atoms with Gasteiger partial charge in [0.15, 0.2) is 0 Å². The first-order valence-corrected chi connectivity index (χ1v) is 7.06. The Morgan fingerprint density at radius 1 is 1.19 bits per heavy atom. The van der Waals surface area contributed by atoms with Gasteiger partial charge >= 0.3 is 0 Å². The Labute approximate surface area is 105 Å².